The number of hydrogen-bond acceptors (Lipinski definition) is 5. The van der Waals surface area contributed by atoms with Gasteiger partial charge in [0, 0.05) is 24.5 Å². The highest BCUT2D eigenvalue weighted by Crippen LogP contribution is 2.22. The monoisotopic (exact) mass is 294 g/mol. The fourth-order valence-corrected chi connectivity index (χ4v) is 2.20. The number of nitrogens with zero attached hydrogens (tertiary/aromatic N) is 5. The summed E-state index contributed by atoms with van der Waals surface area (Å²) in [5, 5.41) is 16.0. The molecule has 1 heterocycles. The Labute approximate surface area is 124 Å². The van der Waals surface area contributed by atoms with Crippen molar-refractivity contribution < 1.29 is 9.53 Å². The first-order chi connectivity index (χ1) is 9.82. The normalized spacial score (nSPS) is 22.1. The average Bonchev–Trinajstić information content (AvgIpc) is 2.42. The van der Waals surface area contributed by atoms with Gasteiger partial charge in [0.15, 0.2) is 0 Å². The van der Waals surface area contributed by atoms with Gasteiger partial charge in [-0.25, -0.2) is 4.79 Å². The number of amides is 1. The van der Waals surface area contributed by atoms with Crippen molar-refractivity contribution in [2.24, 2.45) is 5.11 Å². The third kappa shape index (κ3) is 5.50. The van der Waals surface area contributed by atoms with Gasteiger partial charge in [-0.2, -0.15) is 5.26 Å². The molecule has 8 heteroatoms. The molecule has 0 bridgehead atoms. The summed E-state index contributed by atoms with van der Waals surface area (Å²) in [7, 11) is 0. The minimum Gasteiger partial charge on any atom is -0.444 e. The number of nitrogens with one attached hydrogen (secondary N) is 1. The molecular formula is C13H22N6O2. The molecule has 0 spiro atoms. The number of carbonyl (C=O) groups excluding carboxylic acids is 1. The van der Waals surface area contributed by atoms with E-state index in [9.17, 15) is 10.1 Å². The molecule has 1 aliphatic rings. The van der Waals surface area contributed by atoms with Crippen LogP contribution >= 0.6 is 0 Å². The third-order valence-corrected chi connectivity index (χ3v) is 3.10. The van der Waals surface area contributed by atoms with Gasteiger partial charge in [0.25, 0.3) is 0 Å². The maximum atomic E-state index is 12.1. The van der Waals surface area contributed by atoms with Gasteiger partial charge in [-0.3, -0.25) is 5.32 Å². The molecule has 116 valence electrons. The molecule has 0 saturated carbocycles. The van der Waals surface area contributed by atoms with E-state index in [-0.39, 0.29) is 13.1 Å². The molecule has 1 unspecified atom stereocenters. The highest BCUT2D eigenvalue weighted by atomic mass is 16.6. The van der Waals surface area contributed by atoms with Gasteiger partial charge in [-0.15, -0.1) is 0 Å². The van der Waals surface area contributed by atoms with Gasteiger partial charge in [-0.05, 0) is 39.1 Å². The number of piperidine rings is 1. The van der Waals surface area contributed by atoms with Gasteiger partial charge in [0.05, 0.1) is 12.6 Å². The molecule has 8 nitrogen and oxygen atoms in total. The van der Waals surface area contributed by atoms with Crippen LogP contribution in [0.2, 0.25) is 0 Å². The fourth-order valence-electron chi connectivity index (χ4n) is 2.20. The summed E-state index contributed by atoms with van der Waals surface area (Å²) >= 11 is 0. The topological polar surface area (TPSA) is 114 Å². The van der Waals surface area contributed by atoms with Crippen LogP contribution in [0.1, 0.15) is 33.6 Å². The second-order valence-electron chi connectivity index (χ2n) is 6.08. The lowest BCUT2D eigenvalue weighted by atomic mass is 9.90. The molecule has 21 heavy (non-hydrogen) atoms. The standard InChI is InChI=1S/C13H22N6O2/c1-12(2,3)21-11(20)19-8-4-5-13(9-14,10-19)16-6-7-17-18-15/h16H,4-8,10H2,1-3H3. The molecule has 1 rings (SSSR count). The molecule has 0 aromatic heterocycles. The molecule has 1 aliphatic heterocycles. The first-order valence-electron chi connectivity index (χ1n) is 6.97. The summed E-state index contributed by atoms with van der Waals surface area (Å²) in [6.07, 6.45) is 0.971. The molecular weight excluding hydrogens is 272 g/mol. The lowest BCUT2D eigenvalue weighted by molar-refractivity contribution is 0.0152. The Morgan fingerprint density at radius 3 is 2.90 bits per heavy atom. The number of ether oxygens (including phenoxy) is 1. The van der Waals surface area contributed by atoms with Crippen LogP contribution in [0.25, 0.3) is 10.4 Å². The molecule has 0 aromatic carbocycles. The molecule has 0 aromatic rings. The summed E-state index contributed by atoms with van der Waals surface area (Å²) in [5.74, 6) is 0. The van der Waals surface area contributed by atoms with Crippen molar-refractivity contribution >= 4 is 6.09 Å². The van der Waals surface area contributed by atoms with E-state index in [0.717, 1.165) is 6.42 Å². The van der Waals surface area contributed by atoms with E-state index in [1.165, 1.54) is 0 Å². The van der Waals surface area contributed by atoms with Crippen LogP contribution in [0, 0.1) is 11.3 Å². The lowest BCUT2D eigenvalue weighted by Gasteiger charge is -2.39. The summed E-state index contributed by atoms with van der Waals surface area (Å²) < 4.78 is 5.34. The van der Waals surface area contributed by atoms with Crippen LogP contribution in [0.4, 0.5) is 4.79 Å². The predicted octanol–water partition coefficient (Wildman–Crippen LogP) is 2.18. The van der Waals surface area contributed by atoms with Gasteiger partial charge < -0.3 is 9.64 Å². The first kappa shape index (κ1) is 17.1. The maximum absolute atomic E-state index is 12.1. The van der Waals surface area contributed by atoms with Crippen LogP contribution in [0.15, 0.2) is 5.11 Å². The first-order valence-corrected chi connectivity index (χ1v) is 6.97. The van der Waals surface area contributed by atoms with E-state index in [2.05, 4.69) is 21.4 Å². The van der Waals surface area contributed by atoms with E-state index in [4.69, 9.17) is 10.3 Å². The minimum atomic E-state index is -0.805. The van der Waals surface area contributed by atoms with Crippen LogP contribution < -0.4 is 5.32 Å². The Hall–Kier alpha value is -1.97. The molecule has 1 N–H and O–H groups in total. The molecule has 1 saturated heterocycles. The number of carbonyl (C=O) groups is 1. The van der Waals surface area contributed by atoms with Crippen molar-refractivity contribution in [3.63, 3.8) is 0 Å². The van der Waals surface area contributed by atoms with Crippen molar-refractivity contribution in [1.82, 2.24) is 10.2 Å². The zero-order chi connectivity index (χ0) is 15.9. The van der Waals surface area contributed by atoms with E-state index in [0.29, 0.717) is 19.5 Å². The maximum Gasteiger partial charge on any atom is 0.410 e. The Morgan fingerprint density at radius 2 is 2.33 bits per heavy atom. The highest BCUT2D eigenvalue weighted by molar-refractivity contribution is 5.68. The smallest absolute Gasteiger partial charge is 0.410 e. The van der Waals surface area contributed by atoms with Crippen molar-refractivity contribution in [3.05, 3.63) is 10.4 Å². The zero-order valence-corrected chi connectivity index (χ0v) is 12.8. The van der Waals surface area contributed by atoms with Crippen molar-refractivity contribution in [2.75, 3.05) is 26.2 Å². The highest BCUT2D eigenvalue weighted by Gasteiger charge is 2.38. The number of hydrogen-bond donors (Lipinski definition) is 1. The second-order valence-corrected chi connectivity index (χ2v) is 6.08. The van der Waals surface area contributed by atoms with E-state index in [1.807, 2.05) is 20.8 Å². The SMILES string of the molecule is CC(C)(C)OC(=O)N1CCCC(C#N)(NCCN=[N+]=[N-])C1. The summed E-state index contributed by atoms with van der Waals surface area (Å²) in [6.45, 7) is 6.96. The molecule has 0 radical (unpaired) electrons. The van der Waals surface area contributed by atoms with Crippen LogP contribution in [0.3, 0.4) is 0 Å². The Kier molecular flexibility index (Phi) is 5.82. The minimum absolute atomic E-state index is 0.270. The van der Waals surface area contributed by atoms with Gasteiger partial charge >= 0.3 is 6.09 Å². The number of rotatable bonds is 4. The molecule has 1 fully saturated rings. The van der Waals surface area contributed by atoms with Crippen LogP contribution in [-0.2, 0) is 4.74 Å². The largest absolute Gasteiger partial charge is 0.444 e. The van der Waals surface area contributed by atoms with Gasteiger partial charge in [0.2, 0.25) is 0 Å². The lowest BCUT2D eigenvalue weighted by Crippen LogP contribution is -2.58. The van der Waals surface area contributed by atoms with Crippen molar-refractivity contribution in [3.8, 4) is 6.07 Å². The molecule has 1 atom stereocenters. The Bertz CT molecular complexity index is 460. The summed E-state index contributed by atoms with van der Waals surface area (Å²) in [5.41, 5.74) is 6.88. The Balaban J connectivity index is 2.65. The fraction of sp³-hybridized carbons (Fsp3) is 0.846. The number of likely N-dealkylation sites (tertiary alicyclic amines) is 1. The van der Waals surface area contributed by atoms with Gasteiger partial charge in [-0.1, -0.05) is 5.11 Å². The number of nitriles is 1. The Morgan fingerprint density at radius 1 is 1.62 bits per heavy atom. The summed E-state index contributed by atoms with van der Waals surface area (Å²) in [6, 6.07) is 2.25. The van der Waals surface area contributed by atoms with E-state index in [1.54, 1.807) is 4.90 Å². The van der Waals surface area contributed by atoms with Crippen molar-refractivity contribution in [1.29, 1.82) is 5.26 Å². The molecule has 1 amide bonds. The predicted molar refractivity (Wildman–Crippen MR) is 77.4 cm³/mol. The number of azide groups is 1. The zero-order valence-electron chi connectivity index (χ0n) is 12.8. The summed E-state index contributed by atoms with van der Waals surface area (Å²) in [4.78, 5) is 16.3. The third-order valence-electron chi connectivity index (χ3n) is 3.10. The van der Waals surface area contributed by atoms with Crippen LogP contribution in [0.5, 0.6) is 0 Å². The second kappa shape index (κ2) is 7.16. The molecule has 0 aliphatic carbocycles. The van der Waals surface area contributed by atoms with E-state index < -0.39 is 17.2 Å². The van der Waals surface area contributed by atoms with Crippen molar-refractivity contribution in [2.45, 2.75) is 44.8 Å². The van der Waals surface area contributed by atoms with Crippen LogP contribution in [-0.4, -0.2) is 48.3 Å². The quantitative estimate of drug-likeness (QED) is 0.370. The average molecular weight is 294 g/mol. The van der Waals surface area contributed by atoms with Gasteiger partial charge in [0.1, 0.15) is 11.1 Å². The van der Waals surface area contributed by atoms with E-state index >= 15 is 0 Å².